The Morgan fingerprint density at radius 3 is 2.85 bits per heavy atom. The van der Waals surface area contributed by atoms with Crippen LogP contribution in [0.15, 0.2) is 36.7 Å². The van der Waals surface area contributed by atoms with E-state index in [0.717, 1.165) is 37.3 Å². The molecule has 0 aliphatic carbocycles. The lowest BCUT2D eigenvalue weighted by atomic mass is 9.99. The molecule has 0 saturated carbocycles. The molecule has 27 heavy (non-hydrogen) atoms. The average molecular weight is 367 g/mol. The van der Waals surface area contributed by atoms with E-state index in [9.17, 15) is 10.4 Å². The van der Waals surface area contributed by atoms with Crippen molar-refractivity contribution in [3.8, 4) is 11.9 Å². The molecule has 2 atom stereocenters. The Balaban J connectivity index is 1.63. The first kappa shape index (κ1) is 19.1. The number of β-amino-alcohol motifs (C(OH)–C–C–N with tert-alkyl or cyclic N) is 1. The van der Waals surface area contributed by atoms with Gasteiger partial charge in [0.25, 0.3) is 0 Å². The fourth-order valence-corrected chi connectivity index (χ4v) is 3.61. The van der Waals surface area contributed by atoms with Gasteiger partial charge in [-0.2, -0.15) is 5.26 Å². The largest absolute Gasteiger partial charge is 0.480 e. The molecule has 0 radical (unpaired) electrons. The van der Waals surface area contributed by atoms with Crippen LogP contribution in [-0.2, 0) is 6.42 Å². The summed E-state index contributed by atoms with van der Waals surface area (Å²) < 4.78 is 5.19. The molecular formula is C20H25N5O2. The van der Waals surface area contributed by atoms with Gasteiger partial charge < -0.3 is 19.6 Å². The zero-order chi connectivity index (χ0) is 19.2. The number of anilines is 1. The van der Waals surface area contributed by atoms with Gasteiger partial charge in [0.05, 0.1) is 18.9 Å². The summed E-state index contributed by atoms with van der Waals surface area (Å²) in [5.74, 6) is 0.319. The Morgan fingerprint density at radius 1 is 1.33 bits per heavy atom. The summed E-state index contributed by atoms with van der Waals surface area (Å²) in [6.07, 6.45) is 4.60. The van der Waals surface area contributed by atoms with Crippen LogP contribution in [0, 0.1) is 11.3 Å². The lowest BCUT2D eigenvalue weighted by molar-refractivity contribution is 0.0509. The van der Waals surface area contributed by atoms with E-state index in [1.54, 1.807) is 18.5 Å². The standard InChI is InChI=1S/C20H25N5O2/c1-24(11-7-15-5-3-4-9-22-15)18-8-12-25(14-19(18)26)17-6-10-23-20(27-2)16(17)13-21/h3-6,9-10,18-19,26H,7-8,11-12,14H2,1-2H3/t18-,19-/m1/s1. The highest BCUT2D eigenvalue weighted by molar-refractivity contribution is 5.63. The number of aliphatic hydroxyl groups excluding tert-OH is 1. The van der Waals surface area contributed by atoms with Crippen LogP contribution in [0.1, 0.15) is 17.7 Å². The third kappa shape index (κ3) is 4.35. The molecule has 2 aromatic rings. The predicted octanol–water partition coefficient (Wildman–Crippen LogP) is 1.47. The normalized spacial score (nSPS) is 19.7. The number of nitriles is 1. The van der Waals surface area contributed by atoms with Crippen LogP contribution < -0.4 is 9.64 Å². The highest BCUT2D eigenvalue weighted by Gasteiger charge is 2.31. The minimum Gasteiger partial charge on any atom is -0.480 e. The summed E-state index contributed by atoms with van der Waals surface area (Å²) in [5, 5.41) is 20.2. The molecule has 0 aromatic carbocycles. The number of hydrogen-bond donors (Lipinski definition) is 1. The number of aliphatic hydroxyl groups is 1. The fourth-order valence-electron chi connectivity index (χ4n) is 3.61. The Bertz CT molecular complexity index is 793. The number of rotatable bonds is 6. The second kappa shape index (κ2) is 8.80. The van der Waals surface area contributed by atoms with Gasteiger partial charge in [-0.1, -0.05) is 6.07 Å². The Hall–Kier alpha value is -2.69. The van der Waals surface area contributed by atoms with Gasteiger partial charge in [0.1, 0.15) is 11.6 Å². The van der Waals surface area contributed by atoms with Crippen molar-refractivity contribution >= 4 is 5.69 Å². The molecule has 0 spiro atoms. The molecule has 1 N–H and O–H groups in total. The minimum atomic E-state index is -0.502. The van der Waals surface area contributed by atoms with Crippen LogP contribution in [0.4, 0.5) is 5.69 Å². The van der Waals surface area contributed by atoms with Crippen molar-refractivity contribution < 1.29 is 9.84 Å². The van der Waals surface area contributed by atoms with E-state index < -0.39 is 6.10 Å². The van der Waals surface area contributed by atoms with Crippen molar-refractivity contribution in [3.63, 3.8) is 0 Å². The zero-order valence-electron chi connectivity index (χ0n) is 15.7. The van der Waals surface area contributed by atoms with E-state index in [0.29, 0.717) is 18.0 Å². The molecule has 0 bridgehead atoms. The second-order valence-corrected chi connectivity index (χ2v) is 6.75. The number of piperidine rings is 1. The number of ether oxygens (including phenoxy) is 1. The molecule has 7 nitrogen and oxygen atoms in total. The third-order valence-electron chi connectivity index (χ3n) is 5.10. The van der Waals surface area contributed by atoms with Crippen LogP contribution in [0.3, 0.4) is 0 Å². The third-order valence-corrected chi connectivity index (χ3v) is 5.10. The maximum atomic E-state index is 10.7. The highest BCUT2D eigenvalue weighted by atomic mass is 16.5. The first-order valence-electron chi connectivity index (χ1n) is 9.10. The fraction of sp³-hybridized carbons (Fsp3) is 0.450. The van der Waals surface area contributed by atoms with Gasteiger partial charge >= 0.3 is 0 Å². The summed E-state index contributed by atoms with van der Waals surface area (Å²) >= 11 is 0. The quantitative estimate of drug-likeness (QED) is 0.827. The maximum Gasteiger partial charge on any atom is 0.233 e. The summed E-state index contributed by atoms with van der Waals surface area (Å²) in [6.45, 7) is 2.07. The number of hydrogen-bond acceptors (Lipinski definition) is 7. The minimum absolute atomic E-state index is 0.0826. The first-order chi connectivity index (χ1) is 13.1. The maximum absolute atomic E-state index is 10.7. The highest BCUT2D eigenvalue weighted by Crippen LogP contribution is 2.29. The van der Waals surface area contributed by atoms with Crippen LogP contribution in [0.5, 0.6) is 5.88 Å². The molecule has 0 unspecified atom stereocenters. The monoisotopic (exact) mass is 367 g/mol. The number of methoxy groups -OCH3 is 1. The van der Waals surface area contributed by atoms with E-state index in [1.807, 2.05) is 30.1 Å². The van der Waals surface area contributed by atoms with Gasteiger partial charge in [0.2, 0.25) is 5.88 Å². The van der Waals surface area contributed by atoms with E-state index in [2.05, 4.69) is 20.9 Å². The van der Waals surface area contributed by atoms with Crippen LogP contribution >= 0.6 is 0 Å². The molecule has 142 valence electrons. The molecule has 1 aliphatic heterocycles. The molecule has 2 aromatic heterocycles. The second-order valence-electron chi connectivity index (χ2n) is 6.75. The summed E-state index contributed by atoms with van der Waals surface area (Å²) in [5.41, 5.74) is 2.23. The molecule has 7 heteroatoms. The molecule has 1 fully saturated rings. The van der Waals surface area contributed by atoms with Crippen LogP contribution in [-0.4, -0.2) is 65.9 Å². The Kier molecular flexibility index (Phi) is 6.22. The van der Waals surface area contributed by atoms with Crippen molar-refractivity contribution in [3.05, 3.63) is 47.9 Å². The lowest BCUT2D eigenvalue weighted by Crippen LogP contribution is -2.53. The number of nitrogens with zero attached hydrogens (tertiary/aromatic N) is 5. The van der Waals surface area contributed by atoms with Crippen molar-refractivity contribution in [2.75, 3.05) is 38.7 Å². The van der Waals surface area contributed by atoms with Crippen molar-refractivity contribution in [2.45, 2.75) is 25.0 Å². The SMILES string of the molecule is COc1nccc(N2CC[C@@H](N(C)CCc3ccccn3)[C@H](O)C2)c1C#N. The van der Waals surface area contributed by atoms with E-state index in [4.69, 9.17) is 4.74 Å². The predicted molar refractivity (Wildman–Crippen MR) is 103 cm³/mol. The van der Waals surface area contributed by atoms with Gasteiger partial charge in [-0.3, -0.25) is 4.98 Å². The van der Waals surface area contributed by atoms with E-state index in [-0.39, 0.29) is 6.04 Å². The van der Waals surface area contributed by atoms with Crippen molar-refractivity contribution in [1.29, 1.82) is 5.26 Å². The van der Waals surface area contributed by atoms with Crippen molar-refractivity contribution in [2.24, 2.45) is 0 Å². The average Bonchev–Trinajstić information content (AvgIpc) is 2.72. The Labute approximate surface area is 159 Å². The number of aromatic nitrogens is 2. The van der Waals surface area contributed by atoms with Crippen molar-refractivity contribution in [1.82, 2.24) is 14.9 Å². The lowest BCUT2D eigenvalue weighted by Gasteiger charge is -2.41. The molecule has 1 aliphatic rings. The van der Waals surface area contributed by atoms with Gasteiger partial charge in [0, 0.05) is 50.2 Å². The number of pyridine rings is 2. The smallest absolute Gasteiger partial charge is 0.233 e. The zero-order valence-corrected chi connectivity index (χ0v) is 15.7. The van der Waals surface area contributed by atoms with Gasteiger partial charge in [0.15, 0.2) is 0 Å². The summed E-state index contributed by atoms with van der Waals surface area (Å²) in [4.78, 5) is 12.7. The van der Waals surface area contributed by atoms with Gasteiger partial charge in [-0.15, -0.1) is 0 Å². The topological polar surface area (TPSA) is 85.5 Å². The molecule has 1 saturated heterocycles. The van der Waals surface area contributed by atoms with E-state index >= 15 is 0 Å². The molecule has 3 heterocycles. The Morgan fingerprint density at radius 2 is 2.19 bits per heavy atom. The van der Waals surface area contributed by atoms with Gasteiger partial charge in [-0.25, -0.2) is 4.98 Å². The molecular weight excluding hydrogens is 342 g/mol. The molecule has 0 amide bonds. The number of likely N-dealkylation sites (N-methyl/N-ethyl adjacent to an activating group) is 1. The van der Waals surface area contributed by atoms with Gasteiger partial charge in [-0.05, 0) is 31.7 Å². The summed E-state index contributed by atoms with van der Waals surface area (Å²) in [7, 11) is 3.55. The van der Waals surface area contributed by atoms with Crippen LogP contribution in [0.25, 0.3) is 0 Å². The molecule has 3 rings (SSSR count). The first-order valence-corrected chi connectivity index (χ1v) is 9.10. The summed E-state index contributed by atoms with van der Waals surface area (Å²) in [6, 6.07) is 9.98. The van der Waals surface area contributed by atoms with E-state index in [1.165, 1.54) is 7.11 Å². The van der Waals surface area contributed by atoms with Crippen LogP contribution in [0.2, 0.25) is 0 Å².